The number of carbonyl (C=O) groups excluding carboxylic acids is 1. The predicted molar refractivity (Wildman–Crippen MR) is 144 cm³/mol. The first-order valence-corrected chi connectivity index (χ1v) is 16.0. The molecule has 0 aliphatic carbocycles. The summed E-state index contributed by atoms with van der Waals surface area (Å²) < 4.78 is 219. The molecule has 0 aliphatic rings. The summed E-state index contributed by atoms with van der Waals surface area (Å²) in [6, 6.07) is 3.83. The highest BCUT2D eigenvalue weighted by molar-refractivity contribution is 7.87. The Morgan fingerprint density at radius 1 is 0.878 bits per heavy atom. The average molecular weight is 803 g/mol. The molecule has 286 valence electrons. The van der Waals surface area contributed by atoms with E-state index in [-0.39, 0.29) is 23.5 Å². The van der Waals surface area contributed by atoms with E-state index in [1.807, 2.05) is 0 Å². The van der Waals surface area contributed by atoms with E-state index in [9.17, 15) is 78.5 Å². The number of halogens is 11. The molecule has 0 aromatic heterocycles. The Balaban J connectivity index is -0.000000576. The van der Waals surface area contributed by atoms with Crippen LogP contribution in [0.3, 0.4) is 0 Å². The fraction of sp³-hybridized carbons (Fsp3) is 0.409. The van der Waals surface area contributed by atoms with Crippen molar-refractivity contribution in [2.75, 3.05) is 12.4 Å². The third-order valence-corrected chi connectivity index (χ3v) is 6.53. The van der Waals surface area contributed by atoms with Gasteiger partial charge in [-0.05, 0) is 42.1 Å². The summed E-state index contributed by atoms with van der Waals surface area (Å²) in [5.74, 6) is -0.966. The number of benzene rings is 1. The zero-order chi connectivity index (χ0) is 39.9. The van der Waals surface area contributed by atoms with Crippen molar-refractivity contribution in [3.63, 3.8) is 0 Å². The maximum absolute atomic E-state index is 11.9. The Hall–Kier alpha value is -3.37. The van der Waals surface area contributed by atoms with Gasteiger partial charge in [0.1, 0.15) is 6.42 Å². The molecule has 3 N–H and O–H groups in total. The Bertz CT molecular complexity index is 1580. The first-order chi connectivity index (χ1) is 21.5. The lowest BCUT2D eigenvalue weighted by Gasteiger charge is -2.18. The zero-order valence-electron chi connectivity index (χ0n) is 24.1. The quantitative estimate of drug-likeness (QED) is 0.0530. The van der Waals surface area contributed by atoms with E-state index in [0.717, 1.165) is 5.56 Å². The van der Waals surface area contributed by atoms with Crippen molar-refractivity contribution in [2.45, 2.75) is 48.3 Å². The SMILES string of the molecule is C=C(C)C(=O)OCCCS(=O)(=O)O.C=C(F)OC(F)(F)CC(F)(F)F.C=Cc1ccc(S(=O)(=O)O)cc1.O=S(=O)(O)C(F)(F)C(F)(F)OF. The van der Waals surface area contributed by atoms with Crippen LogP contribution in [-0.2, 0) is 49.6 Å². The van der Waals surface area contributed by atoms with Crippen LogP contribution in [0.5, 0.6) is 0 Å². The van der Waals surface area contributed by atoms with E-state index >= 15 is 0 Å². The maximum atomic E-state index is 11.9. The molecule has 1 aromatic rings. The molecule has 0 unspecified atom stereocenters. The van der Waals surface area contributed by atoms with Gasteiger partial charge in [-0.3, -0.25) is 13.7 Å². The van der Waals surface area contributed by atoms with Crippen molar-refractivity contribution >= 4 is 42.4 Å². The minimum absolute atomic E-state index is 0.0362. The van der Waals surface area contributed by atoms with Gasteiger partial charge in [-0.2, -0.15) is 69.2 Å². The summed E-state index contributed by atoms with van der Waals surface area (Å²) in [4.78, 5) is 12.0. The van der Waals surface area contributed by atoms with Crippen molar-refractivity contribution in [3.8, 4) is 0 Å². The van der Waals surface area contributed by atoms with E-state index in [1.165, 1.54) is 24.0 Å². The molecule has 0 bridgehead atoms. The summed E-state index contributed by atoms with van der Waals surface area (Å²) in [6.07, 6.45) is -16.5. The van der Waals surface area contributed by atoms with E-state index in [2.05, 4.69) is 29.2 Å². The van der Waals surface area contributed by atoms with Crippen molar-refractivity contribution in [1.82, 2.24) is 0 Å². The summed E-state index contributed by atoms with van der Waals surface area (Å²) in [5.41, 5.74) is 1.06. The van der Waals surface area contributed by atoms with Gasteiger partial charge in [0.15, 0.2) is 0 Å². The van der Waals surface area contributed by atoms with E-state index < -0.39 is 78.2 Å². The fourth-order valence-electron chi connectivity index (χ4n) is 1.93. The summed E-state index contributed by atoms with van der Waals surface area (Å²) >= 11 is 0. The van der Waals surface area contributed by atoms with E-state index in [0.29, 0.717) is 0 Å². The van der Waals surface area contributed by atoms with E-state index in [4.69, 9.17) is 13.7 Å². The molecule has 0 atom stereocenters. The van der Waals surface area contributed by atoms with Crippen LogP contribution >= 0.6 is 0 Å². The Labute approximate surface area is 270 Å². The third kappa shape index (κ3) is 23.6. The standard InChI is InChI=1S/C8H8O3S.C7H12O5S.C5H4F6O.C2HF5O4S/c1-2-7-3-5-8(6-4-7)12(9,10)11;1-6(2)7(8)12-4-3-5-13(9,10)11;1-3(6)12-5(10,11)2-4(7,8)9;3-1(4,11-7)2(5,6)12(8,9)10/h2-6H,1H2,(H,9,10,11);1,3-5H2,2H3,(H,9,10,11);1-2H2;(H,8,9,10). The van der Waals surface area contributed by atoms with Crippen LogP contribution in [0.1, 0.15) is 25.3 Å². The highest BCUT2D eigenvalue weighted by atomic mass is 32.2. The molecule has 49 heavy (non-hydrogen) atoms. The molecule has 0 spiro atoms. The number of alkyl halides is 9. The van der Waals surface area contributed by atoms with Gasteiger partial charge in [0.25, 0.3) is 26.2 Å². The number of esters is 1. The molecule has 13 nitrogen and oxygen atoms in total. The summed E-state index contributed by atoms with van der Waals surface area (Å²) in [6.45, 7) is 10.5. The van der Waals surface area contributed by atoms with Gasteiger partial charge < -0.3 is 9.47 Å². The van der Waals surface area contributed by atoms with Gasteiger partial charge >= 0.3 is 39.7 Å². The lowest BCUT2D eigenvalue weighted by molar-refractivity contribution is -0.403. The van der Waals surface area contributed by atoms with Crippen LogP contribution in [0, 0.1) is 0 Å². The molecule has 0 fully saturated rings. The van der Waals surface area contributed by atoms with Crippen LogP contribution in [-0.4, -0.2) is 80.9 Å². The van der Waals surface area contributed by atoms with Crippen molar-refractivity contribution in [1.29, 1.82) is 0 Å². The number of hydrogen-bond acceptors (Lipinski definition) is 10. The van der Waals surface area contributed by atoms with Crippen LogP contribution < -0.4 is 0 Å². The topological polar surface area (TPSA) is 208 Å². The first-order valence-electron chi connectivity index (χ1n) is 11.5. The van der Waals surface area contributed by atoms with Gasteiger partial charge in [-0.1, -0.05) is 31.4 Å². The zero-order valence-corrected chi connectivity index (χ0v) is 26.6. The van der Waals surface area contributed by atoms with Gasteiger partial charge in [0.2, 0.25) is 0 Å². The number of carbonyl (C=O) groups is 1. The molecule has 0 aliphatic heterocycles. The smallest absolute Gasteiger partial charge is 0.462 e. The fourth-order valence-corrected chi connectivity index (χ4v) is 3.23. The number of ether oxygens (including phenoxy) is 2. The highest BCUT2D eigenvalue weighted by Gasteiger charge is 2.68. The second kappa shape index (κ2) is 19.7. The highest BCUT2D eigenvalue weighted by Crippen LogP contribution is 2.39. The van der Waals surface area contributed by atoms with Crippen LogP contribution in [0.15, 0.2) is 60.5 Å². The summed E-state index contributed by atoms with van der Waals surface area (Å²) in [7, 11) is -14.4. The van der Waals surface area contributed by atoms with Gasteiger partial charge in [0, 0.05) is 5.57 Å². The van der Waals surface area contributed by atoms with Crippen LogP contribution in [0.25, 0.3) is 6.08 Å². The molecular weight excluding hydrogens is 777 g/mol. The Morgan fingerprint density at radius 2 is 1.33 bits per heavy atom. The molecule has 0 saturated heterocycles. The second-order valence-electron chi connectivity index (χ2n) is 8.28. The van der Waals surface area contributed by atoms with Crippen molar-refractivity contribution < 1.29 is 107 Å². The Kier molecular flexibility index (Phi) is 20.1. The van der Waals surface area contributed by atoms with Gasteiger partial charge in [-0.15, -0.1) is 4.94 Å². The van der Waals surface area contributed by atoms with Crippen molar-refractivity contribution in [2.24, 2.45) is 0 Å². The molecule has 0 radical (unpaired) electrons. The molecule has 0 amide bonds. The lowest BCUT2D eigenvalue weighted by atomic mass is 10.2. The van der Waals surface area contributed by atoms with Crippen LogP contribution in [0.4, 0.5) is 48.4 Å². The maximum Gasteiger partial charge on any atom is 0.467 e. The average Bonchev–Trinajstić information content (AvgIpc) is 2.88. The first kappa shape index (κ1) is 50.0. The minimum atomic E-state index is -6.42. The molecular formula is C22H25F11O13S3. The predicted octanol–water partition coefficient (Wildman–Crippen LogP) is 5.91. The Morgan fingerprint density at radius 3 is 1.59 bits per heavy atom. The molecule has 1 rings (SSSR count). The monoisotopic (exact) mass is 802 g/mol. The van der Waals surface area contributed by atoms with E-state index in [1.54, 1.807) is 18.2 Å². The second-order valence-corrected chi connectivity index (χ2v) is 12.7. The largest absolute Gasteiger partial charge is 0.467 e. The van der Waals surface area contributed by atoms with Gasteiger partial charge in [-0.25, -0.2) is 4.79 Å². The lowest BCUT2D eigenvalue weighted by Crippen LogP contribution is -2.47. The van der Waals surface area contributed by atoms with Crippen molar-refractivity contribution in [3.05, 3.63) is 61.2 Å². The molecule has 27 heteroatoms. The third-order valence-electron chi connectivity index (χ3n) is 3.97. The molecule has 0 saturated carbocycles. The minimum Gasteiger partial charge on any atom is -0.462 e. The normalized spacial score (nSPS) is 12.4. The van der Waals surface area contributed by atoms with Gasteiger partial charge in [0.05, 0.1) is 17.3 Å². The molecule has 1 aromatic carbocycles. The summed E-state index contributed by atoms with van der Waals surface area (Å²) in [5, 5.41) is -6.02. The number of hydrogen-bond donors (Lipinski definition) is 3. The van der Waals surface area contributed by atoms with Crippen LogP contribution in [0.2, 0.25) is 0 Å². The number of rotatable bonds is 13. The molecule has 0 heterocycles.